The van der Waals surface area contributed by atoms with Crippen LogP contribution >= 0.6 is 23.2 Å². The van der Waals surface area contributed by atoms with Gasteiger partial charge in [-0.05, 0) is 76.9 Å². The van der Waals surface area contributed by atoms with Crippen LogP contribution in [0.25, 0.3) is 22.3 Å². The summed E-state index contributed by atoms with van der Waals surface area (Å²) in [7, 11) is -3.62. The zero-order chi connectivity index (χ0) is 29.7. The van der Waals surface area contributed by atoms with E-state index in [4.69, 9.17) is 23.2 Å². The second-order valence-corrected chi connectivity index (χ2v) is 13.7. The van der Waals surface area contributed by atoms with Crippen molar-refractivity contribution in [2.75, 3.05) is 18.4 Å². The van der Waals surface area contributed by atoms with Gasteiger partial charge in [0.25, 0.3) is 0 Å². The van der Waals surface area contributed by atoms with Crippen molar-refractivity contribution >= 4 is 50.2 Å². The molecule has 4 aromatic rings. The summed E-state index contributed by atoms with van der Waals surface area (Å²) in [6.45, 7) is 7.76. The number of fused-ring (bicyclic) bond motifs is 1. The number of hydrogen-bond acceptors (Lipinski definition) is 7. The van der Waals surface area contributed by atoms with E-state index in [2.05, 4.69) is 20.3 Å². The number of sulfonamides is 1. The van der Waals surface area contributed by atoms with Gasteiger partial charge in [0, 0.05) is 35.8 Å². The van der Waals surface area contributed by atoms with Crippen molar-refractivity contribution < 1.29 is 17.9 Å². The number of aromatic nitrogens is 4. The minimum absolute atomic E-state index is 0.0726. The summed E-state index contributed by atoms with van der Waals surface area (Å²) < 4.78 is 44.6. The van der Waals surface area contributed by atoms with Gasteiger partial charge in [0.2, 0.25) is 16.0 Å². The average Bonchev–Trinajstić information content (AvgIpc) is 3.32. The van der Waals surface area contributed by atoms with Crippen LogP contribution in [0, 0.1) is 5.82 Å². The minimum Gasteiger partial charge on any atom is -0.383 e. The number of hydrogen-bond donors (Lipinski definition) is 2. The molecule has 9 nitrogen and oxygen atoms in total. The molecule has 1 aliphatic rings. The first-order chi connectivity index (χ1) is 19.3. The number of anilines is 1. The molecule has 13 heteroatoms. The highest BCUT2D eigenvalue weighted by Crippen LogP contribution is 2.35. The first-order valence-electron chi connectivity index (χ1n) is 13.2. The zero-order valence-electron chi connectivity index (χ0n) is 23.1. The van der Waals surface area contributed by atoms with E-state index in [0.717, 1.165) is 0 Å². The number of piperidine rings is 1. The van der Waals surface area contributed by atoms with Gasteiger partial charge in [0.15, 0.2) is 5.82 Å². The van der Waals surface area contributed by atoms with E-state index in [1.165, 1.54) is 28.7 Å². The quantitative estimate of drug-likeness (QED) is 0.260. The van der Waals surface area contributed by atoms with E-state index in [0.29, 0.717) is 59.5 Å². The molecular weight excluding hydrogens is 590 g/mol. The highest BCUT2D eigenvalue weighted by atomic mass is 35.5. The maximum absolute atomic E-state index is 15.3. The molecule has 1 saturated heterocycles. The highest BCUT2D eigenvalue weighted by molar-refractivity contribution is 7.89. The lowest BCUT2D eigenvalue weighted by Gasteiger charge is -2.31. The normalized spacial score (nSPS) is 15.6. The Morgan fingerprint density at radius 3 is 2.37 bits per heavy atom. The molecule has 0 bridgehead atoms. The van der Waals surface area contributed by atoms with Crippen molar-refractivity contribution in [2.24, 2.45) is 0 Å². The van der Waals surface area contributed by atoms with Gasteiger partial charge in [-0.2, -0.15) is 4.31 Å². The molecule has 0 saturated carbocycles. The van der Waals surface area contributed by atoms with Gasteiger partial charge in [-0.25, -0.2) is 27.8 Å². The number of imidazole rings is 1. The van der Waals surface area contributed by atoms with Crippen LogP contribution in [-0.4, -0.2) is 56.5 Å². The number of rotatable bonds is 7. The predicted molar refractivity (Wildman–Crippen MR) is 158 cm³/mol. The fraction of sp³-hybridized carbons (Fsp3) is 0.393. The highest BCUT2D eigenvalue weighted by Gasteiger charge is 2.30. The van der Waals surface area contributed by atoms with Crippen molar-refractivity contribution in [2.45, 2.75) is 63.1 Å². The van der Waals surface area contributed by atoms with Gasteiger partial charge in [-0.1, -0.05) is 23.2 Å². The molecule has 1 fully saturated rings. The lowest BCUT2D eigenvalue weighted by Crippen LogP contribution is -2.42. The molecule has 2 aromatic carbocycles. The zero-order valence-corrected chi connectivity index (χ0v) is 25.4. The summed E-state index contributed by atoms with van der Waals surface area (Å²) >= 11 is 12.4. The van der Waals surface area contributed by atoms with E-state index < -0.39 is 21.4 Å². The Morgan fingerprint density at radius 2 is 1.76 bits per heavy atom. The summed E-state index contributed by atoms with van der Waals surface area (Å²) in [4.78, 5) is 13.5. The molecule has 0 atom stereocenters. The van der Waals surface area contributed by atoms with Crippen LogP contribution in [0.4, 0.5) is 10.3 Å². The Kier molecular flexibility index (Phi) is 8.03. The number of aliphatic hydroxyl groups is 1. The van der Waals surface area contributed by atoms with Crippen LogP contribution in [-0.2, 0) is 15.6 Å². The summed E-state index contributed by atoms with van der Waals surface area (Å²) in [5.41, 5.74) is 0.185. The molecule has 0 aliphatic carbocycles. The fourth-order valence-corrected chi connectivity index (χ4v) is 6.86. The van der Waals surface area contributed by atoms with E-state index in [-0.39, 0.29) is 27.5 Å². The SMILES string of the molecule is CC(C)n1c(C(C)(C)O)nc2c(F)cc(-c3nc(NC4CCN(S(=O)(=O)c5ccc(Cl)cc5)CC4)ncc3Cl)cc21. The summed E-state index contributed by atoms with van der Waals surface area (Å²) in [5, 5.41) is 14.7. The van der Waals surface area contributed by atoms with Crippen molar-refractivity contribution in [1.29, 1.82) is 0 Å². The van der Waals surface area contributed by atoms with Gasteiger partial charge >= 0.3 is 0 Å². The maximum Gasteiger partial charge on any atom is 0.243 e. The van der Waals surface area contributed by atoms with Gasteiger partial charge in [0.05, 0.1) is 27.3 Å². The van der Waals surface area contributed by atoms with Crippen molar-refractivity contribution in [3.05, 3.63) is 64.3 Å². The third-order valence-electron chi connectivity index (χ3n) is 7.07. The Balaban J connectivity index is 1.38. The predicted octanol–water partition coefficient (Wildman–Crippen LogP) is 6.01. The monoisotopic (exact) mass is 620 g/mol. The summed E-state index contributed by atoms with van der Waals surface area (Å²) in [6, 6.07) is 9.05. The molecule has 0 spiro atoms. The molecule has 0 amide bonds. The third-order valence-corrected chi connectivity index (χ3v) is 9.51. The number of halogens is 3. The molecular formula is C28H31Cl2FN6O3S. The molecule has 0 unspecified atom stereocenters. The molecule has 2 N–H and O–H groups in total. The molecule has 1 aliphatic heterocycles. The lowest BCUT2D eigenvalue weighted by atomic mass is 10.1. The van der Waals surface area contributed by atoms with Crippen LogP contribution in [0.3, 0.4) is 0 Å². The van der Waals surface area contributed by atoms with E-state index in [9.17, 15) is 13.5 Å². The third kappa shape index (κ3) is 5.91. The van der Waals surface area contributed by atoms with Crippen LogP contribution in [0.2, 0.25) is 10.0 Å². The largest absolute Gasteiger partial charge is 0.383 e. The average molecular weight is 622 g/mol. The Hall–Kier alpha value is -2.83. The molecule has 5 rings (SSSR count). The Bertz CT molecular complexity index is 1700. The van der Waals surface area contributed by atoms with Gasteiger partial charge in [-0.15, -0.1) is 0 Å². The smallest absolute Gasteiger partial charge is 0.243 e. The van der Waals surface area contributed by atoms with Crippen molar-refractivity contribution in [1.82, 2.24) is 23.8 Å². The number of nitrogens with one attached hydrogen (secondary N) is 1. The Labute approximate surface area is 248 Å². The molecule has 0 radical (unpaired) electrons. The lowest BCUT2D eigenvalue weighted by molar-refractivity contribution is 0.0641. The first kappa shape index (κ1) is 29.7. The number of nitrogens with zero attached hydrogens (tertiary/aromatic N) is 5. The molecule has 218 valence electrons. The summed E-state index contributed by atoms with van der Waals surface area (Å²) in [6.07, 6.45) is 2.54. The second-order valence-electron chi connectivity index (χ2n) is 11.0. The molecule has 41 heavy (non-hydrogen) atoms. The topological polar surface area (TPSA) is 113 Å². The fourth-order valence-electron chi connectivity index (χ4n) is 5.06. The molecule has 3 heterocycles. The summed E-state index contributed by atoms with van der Waals surface area (Å²) in [5.74, 6) is 0.110. The van der Waals surface area contributed by atoms with E-state index >= 15 is 4.39 Å². The van der Waals surface area contributed by atoms with Crippen LogP contribution in [0.15, 0.2) is 47.5 Å². The van der Waals surface area contributed by atoms with Crippen LogP contribution < -0.4 is 5.32 Å². The van der Waals surface area contributed by atoms with Gasteiger partial charge in [0.1, 0.15) is 16.9 Å². The van der Waals surface area contributed by atoms with Gasteiger partial charge < -0.3 is 15.0 Å². The minimum atomic E-state index is -3.62. The van der Waals surface area contributed by atoms with E-state index in [1.54, 1.807) is 32.0 Å². The van der Waals surface area contributed by atoms with Crippen LogP contribution in [0.5, 0.6) is 0 Å². The maximum atomic E-state index is 15.3. The van der Waals surface area contributed by atoms with Crippen molar-refractivity contribution in [3.63, 3.8) is 0 Å². The van der Waals surface area contributed by atoms with Gasteiger partial charge in [-0.3, -0.25) is 0 Å². The standard InChI is InChI=1S/C28H31Cl2FN6O3S/c1-16(2)37-23-14-17(13-22(31)25(23)34-26(37)28(3,4)38)24-21(30)15-32-27(35-24)33-19-9-11-36(12-10-19)41(39,40)20-7-5-18(29)6-8-20/h5-8,13-16,19,38H,9-12H2,1-4H3,(H,32,33,35). The van der Waals surface area contributed by atoms with E-state index in [1.807, 2.05) is 18.4 Å². The number of benzene rings is 2. The Morgan fingerprint density at radius 1 is 1.10 bits per heavy atom. The molecule has 2 aromatic heterocycles. The van der Waals surface area contributed by atoms with Crippen molar-refractivity contribution in [3.8, 4) is 11.3 Å². The van der Waals surface area contributed by atoms with Crippen LogP contribution in [0.1, 0.15) is 52.4 Å². The second kappa shape index (κ2) is 11.1. The first-order valence-corrected chi connectivity index (χ1v) is 15.4.